The number of hydrogen-bond donors (Lipinski definition) is 1. The Morgan fingerprint density at radius 1 is 1.18 bits per heavy atom. The van der Waals surface area contributed by atoms with Crippen LogP contribution in [0, 0.1) is 0 Å². The Morgan fingerprint density at radius 2 is 2.05 bits per heavy atom. The van der Waals surface area contributed by atoms with Gasteiger partial charge in [-0.2, -0.15) is 0 Å². The highest BCUT2D eigenvalue weighted by Gasteiger charge is 2.17. The lowest BCUT2D eigenvalue weighted by atomic mass is 10.1. The van der Waals surface area contributed by atoms with Crippen LogP contribution in [-0.4, -0.2) is 38.5 Å². The first-order valence-corrected chi connectivity index (χ1v) is 7.54. The fraction of sp³-hybridized carbons (Fsp3) is 0.200. The molecule has 1 N–H and O–H groups in total. The maximum Gasteiger partial charge on any atom is 0.167 e. The number of rotatable bonds is 3. The second-order valence-electron chi connectivity index (χ2n) is 4.92. The largest absolute Gasteiger partial charge is 0.368 e. The molecule has 110 valence electrons. The Kier molecular flexibility index (Phi) is 3.23. The van der Waals surface area contributed by atoms with Gasteiger partial charge in [-0.15, -0.1) is 16.7 Å². The SMILES string of the molecule is ClCc1nc2c(C3=NCCN3)ccc(-c3ccncc3)n2n1. The van der Waals surface area contributed by atoms with E-state index < -0.39 is 0 Å². The van der Waals surface area contributed by atoms with Crippen molar-refractivity contribution >= 4 is 23.1 Å². The lowest BCUT2D eigenvalue weighted by Crippen LogP contribution is -2.20. The molecule has 1 aliphatic rings. The molecule has 4 heterocycles. The van der Waals surface area contributed by atoms with Crippen LogP contribution in [0.2, 0.25) is 0 Å². The number of hydrogen-bond acceptors (Lipinski definition) is 5. The Labute approximate surface area is 131 Å². The first-order valence-electron chi connectivity index (χ1n) is 7.00. The lowest BCUT2D eigenvalue weighted by molar-refractivity contribution is 0.927. The number of halogens is 1. The highest BCUT2D eigenvalue weighted by Crippen LogP contribution is 2.22. The predicted octanol–water partition coefficient (Wildman–Crippen LogP) is 1.88. The summed E-state index contributed by atoms with van der Waals surface area (Å²) in [6, 6.07) is 7.94. The minimum atomic E-state index is 0.275. The zero-order valence-corrected chi connectivity index (χ0v) is 12.5. The average Bonchev–Trinajstić information content (AvgIpc) is 3.24. The van der Waals surface area contributed by atoms with Crippen LogP contribution in [0.15, 0.2) is 41.7 Å². The first-order chi connectivity index (χ1) is 10.9. The third-order valence-electron chi connectivity index (χ3n) is 3.55. The fourth-order valence-electron chi connectivity index (χ4n) is 2.57. The van der Waals surface area contributed by atoms with Crippen molar-refractivity contribution in [1.29, 1.82) is 0 Å². The van der Waals surface area contributed by atoms with E-state index in [1.54, 1.807) is 12.4 Å². The molecule has 0 fully saturated rings. The molecule has 0 radical (unpaired) electrons. The molecule has 0 aromatic carbocycles. The minimum Gasteiger partial charge on any atom is -0.368 e. The topological polar surface area (TPSA) is 67.5 Å². The molecule has 3 aromatic rings. The van der Waals surface area contributed by atoms with E-state index in [4.69, 9.17) is 11.6 Å². The van der Waals surface area contributed by atoms with E-state index >= 15 is 0 Å². The van der Waals surface area contributed by atoms with E-state index in [2.05, 4.69) is 25.4 Å². The average molecular weight is 313 g/mol. The molecular weight excluding hydrogens is 300 g/mol. The summed E-state index contributed by atoms with van der Waals surface area (Å²) < 4.78 is 1.82. The second kappa shape index (κ2) is 5.38. The molecule has 0 aliphatic carbocycles. The summed E-state index contributed by atoms with van der Waals surface area (Å²) in [6.45, 7) is 1.63. The van der Waals surface area contributed by atoms with Gasteiger partial charge in [0.05, 0.1) is 23.7 Å². The molecule has 3 aromatic heterocycles. The van der Waals surface area contributed by atoms with Gasteiger partial charge in [0.25, 0.3) is 0 Å². The second-order valence-corrected chi connectivity index (χ2v) is 5.19. The van der Waals surface area contributed by atoms with E-state index in [1.807, 2.05) is 28.8 Å². The number of aromatic nitrogens is 4. The van der Waals surface area contributed by atoms with Crippen molar-refractivity contribution in [3.63, 3.8) is 0 Å². The fourth-order valence-corrected chi connectivity index (χ4v) is 2.68. The highest BCUT2D eigenvalue weighted by molar-refractivity contribution is 6.16. The van der Waals surface area contributed by atoms with Gasteiger partial charge in [-0.1, -0.05) is 0 Å². The number of nitrogens with one attached hydrogen (secondary N) is 1. The molecule has 0 spiro atoms. The Morgan fingerprint density at radius 3 is 2.77 bits per heavy atom. The van der Waals surface area contributed by atoms with Gasteiger partial charge in [-0.05, 0) is 24.3 Å². The van der Waals surface area contributed by atoms with Crippen LogP contribution in [0.3, 0.4) is 0 Å². The van der Waals surface area contributed by atoms with Crippen molar-refractivity contribution in [1.82, 2.24) is 24.9 Å². The number of nitrogens with zero attached hydrogens (tertiary/aromatic N) is 5. The summed E-state index contributed by atoms with van der Waals surface area (Å²) >= 11 is 5.91. The summed E-state index contributed by atoms with van der Waals surface area (Å²) in [5.74, 6) is 1.74. The van der Waals surface area contributed by atoms with Crippen molar-refractivity contribution < 1.29 is 0 Å². The molecule has 22 heavy (non-hydrogen) atoms. The first kappa shape index (κ1) is 13.2. The van der Waals surface area contributed by atoms with Gasteiger partial charge in [-0.3, -0.25) is 9.98 Å². The van der Waals surface area contributed by atoms with Crippen molar-refractivity contribution in [3.05, 3.63) is 48.0 Å². The van der Waals surface area contributed by atoms with Gasteiger partial charge in [0.2, 0.25) is 0 Å². The van der Waals surface area contributed by atoms with Gasteiger partial charge in [-0.25, -0.2) is 9.50 Å². The molecule has 4 rings (SSSR count). The number of pyridine rings is 2. The molecule has 0 saturated heterocycles. The third-order valence-corrected chi connectivity index (χ3v) is 3.79. The smallest absolute Gasteiger partial charge is 0.167 e. The van der Waals surface area contributed by atoms with Crippen LogP contribution in [0.4, 0.5) is 0 Å². The summed E-state index contributed by atoms with van der Waals surface area (Å²) in [5, 5.41) is 7.79. The molecule has 6 nitrogen and oxygen atoms in total. The van der Waals surface area contributed by atoms with Crippen molar-refractivity contribution in [2.24, 2.45) is 4.99 Å². The van der Waals surface area contributed by atoms with E-state index in [9.17, 15) is 0 Å². The summed E-state index contributed by atoms with van der Waals surface area (Å²) in [6.07, 6.45) is 3.52. The molecular formula is C15H13ClN6. The van der Waals surface area contributed by atoms with Crippen LogP contribution >= 0.6 is 11.6 Å². The Bertz CT molecular complexity index is 855. The lowest BCUT2D eigenvalue weighted by Gasteiger charge is -2.08. The van der Waals surface area contributed by atoms with Gasteiger partial charge in [0.15, 0.2) is 11.5 Å². The zero-order chi connectivity index (χ0) is 14.9. The Hall–Kier alpha value is -2.47. The highest BCUT2D eigenvalue weighted by atomic mass is 35.5. The van der Waals surface area contributed by atoms with E-state index in [1.165, 1.54) is 0 Å². The molecule has 7 heteroatoms. The van der Waals surface area contributed by atoms with Crippen LogP contribution in [-0.2, 0) is 5.88 Å². The van der Waals surface area contributed by atoms with Crippen LogP contribution in [0.5, 0.6) is 0 Å². The zero-order valence-electron chi connectivity index (χ0n) is 11.7. The van der Waals surface area contributed by atoms with Gasteiger partial charge in [0, 0.05) is 24.5 Å². The van der Waals surface area contributed by atoms with Crippen molar-refractivity contribution in [2.45, 2.75) is 5.88 Å². The molecule has 0 unspecified atom stereocenters. The van der Waals surface area contributed by atoms with Gasteiger partial charge < -0.3 is 5.32 Å². The van der Waals surface area contributed by atoms with Crippen molar-refractivity contribution in [2.75, 3.05) is 13.1 Å². The minimum absolute atomic E-state index is 0.275. The van der Waals surface area contributed by atoms with Crippen LogP contribution < -0.4 is 5.32 Å². The molecule has 1 aliphatic heterocycles. The monoisotopic (exact) mass is 312 g/mol. The van der Waals surface area contributed by atoms with E-state index in [-0.39, 0.29) is 5.88 Å². The number of fused-ring (bicyclic) bond motifs is 1. The van der Waals surface area contributed by atoms with E-state index in [0.717, 1.165) is 41.4 Å². The Balaban J connectivity index is 1.97. The summed E-state index contributed by atoms with van der Waals surface area (Å²) in [4.78, 5) is 13.1. The molecule has 0 atom stereocenters. The molecule has 0 bridgehead atoms. The number of amidine groups is 1. The summed E-state index contributed by atoms with van der Waals surface area (Å²) in [5.41, 5.74) is 3.68. The number of aliphatic imine (C=N–C) groups is 1. The van der Waals surface area contributed by atoms with Crippen LogP contribution in [0.25, 0.3) is 16.9 Å². The standard InChI is InChI=1S/C15H13ClN6/c16-9-13-20-15-11(14-18-7-8-19-14)1-2-12(22(15)21-13)10-3-5-17-6-4-10/h1-6H,7-9H2,(H,18,19). The normalized spacial score (nSPS) is 14.1. The molecule has 0 saturated carbocycles. The predicted molar refractivity (Wildman–Crippen MR) is 85.2 cm³/mol. The van der Waals surface area contributed by atoms with Crippen LogP contribution in [0.1, 0.15) is 11.4 Å². The van der Waals surface area contributed by atoms with Crippen molar-refractivity contribution in [3.8, 4) is 11.3 Å². The van der Waals surface area contributed by atoms with Gasteiger partial charge in [0.1, 0.15) is 5.84 Å². The summed E-state index contributed by atoms with van der Waals surface area (Å²) in [7, 11) is 0. The maximum atomic E-state index is 5.91. The van der Waals surface area contributed by atoms with Gasteiger partial charge >= 0.3 is 0 Å². The van der Waals surface area contributed by atoms with E-state index in [0.29, 0.717) is 5.82 Å². The quantitative estimate of drug-likeness (QED) is 0.750. The number of alkyl halides is 1. The third kappa shape index (κ3) is 2.12. The maximum absolute atomic E-state index is 5.91. The molecule has 0 amide bonds.